The van der Waals surface area contributed by atoms with Crippen molar-refractivity contribution in [3.8, 4) is 5.75 Å². The number of nitrogens with one attached hydrogen (secondary N) is 4. The van der Waals surface area contributed by atoms with Gasteiger partial charge in [0, 0.05) is 29.8 Å². The van der Waals surface area contributed by atoms with Crippen LogP contribution >= 0.6 is 0 Å². The predicted molar refractivity (Wildman–Crippen MR) is 126 cm³/mol. The molecule has 3 amide bonds. The first-order valence-electron chi connectivity index (χ1n) is 11.4. The lowest BCUT2D eigenvalue weighted by atomic mass is 9.91. The van der Waals surface area contributed by atoms with Crippen molar-refractivity contribution in [3.63, 3.8) is 0 Å². The third kappa shape index (κ3) is 6.71. The van der Waals surface area contributed by atoms with Crippen LogP contribution in [0.5, 0.6) is 5.75 Å². The summed E-state index contributed by atoms with van der Waals surface area (Å²) in [6.07, 6.45) is 0.729. The quantitative estimate of drug-likeness (QED) is 0.343. The first-order chi connectivity index (χ1) is 16.5. The third-order valence-electron chi connectivity index (χ3n) is 5.93. The molecule has 5 N–H and O–H groups in total. The van der Waals surface area contributed by atoms with Crippen LogP contribution in [0.25, 0.3) is 10.9 Å². The molecule has 0 aliphatic carbocycles. The molecule has 3 rings (SSSR count). The smallest absolute Gasteiger partial charge is 0.326 e. The molecule has 1 fully saturated rings. The second-order valence-electron chi connectivity index (χ2n) is 9.32. The van der Waals surface area contributed by atoms with E-state index in [2.05, 4.69) is 20.9 Å². The van der Waals surface area contributed by atoms with Crippen LogP contribution < -0.4 is 20.7 Å². The Morgan fingerprint density at radius 1 is 1.26 bits per heavy atom. The number of aromatic nitrogens is 1. The minimum absolute atomic E-state index is 0.103. The molecule has 1 aromatic heterocycles. The number of carbonyl (C=O) groups excluding carboxylic acids is 3. The second-order valence-corrected chi connectivity index (χ2v) is 9.32. The van der Waals surface area contributed by atoms with E-state index >= 15 is 0 Å². The number of carboxylic acids is 1. The maximum atomic E-state index is 14.5. The number of piperidine rings is 1. The molecule has 3 atom stereocenters. The van der Waals surface area contributed by atoms with Crippen molar-refractivity contribution < 1.29 is 33.4 Å². The number of aromatic amines is 1. The maximum absolute atomic E-state index is 14.5. The van der Waals surface area contributed by atoms with Crippen LogP contribution in [0.4, 0.5) is 4.39 Å². The van der Waals surface area contributed by atoms with Crippen LogP contribution in [0.1, 0.15) is 50.0 Å². The van der Waals surface area contributed by atoms with E-state index in [1.807, 2.05) is 0 Å². The fourth-order valence-electron chi connectivity index (χ4n) is 4.20. The molecule has 0 spiro atoms. The summed E-state index contributed by atoms with van der Waals surface area (Å²) in [5, 5.41) is 17.8. The number of fused-ring (bicyclic) bond motifs is 1. The number of H-pyrrole nitrogens is 1. The summed E-state index contributed by atoms with van der Waals surface area (Å²) < 4.78 is 19.8. The van der Waals surface area contributed by atoms with E-state index in [0.29, 0.717) is 36.0 Å². The van der Waals surface area contributed by atoms with Gasteiger partial charge in [-0.1, -0.05) is 6.07 Å². The number of halogens is 1. The molecule has 0 saturated carbocycles. The molecule has 0 radical (unpaired) electrons. The zero-order valence-corrected chi connectivity index (χ0v) is 19.9. The number of carbonyl (C=O) groups is 4. The molecule has 1 saturated heterocycles. The van der Waals surface area contributed by atoms with E-state index in [-0.39, 0.29) is 24.4 Å². The lowest BCUT2D eigenvalue weighted by Gasteiger charge is -2.27. The Kier molecular flexibility index (Phi) is 7.98. The molecule has 3 unspecified atom stereocenters. The second kappa shape index (κ2) is 10.7. The number of aliphatic carboxylic acids is 1. The molecule has 190 valence electrons. The summed E-state index contributed by atoms with van der Waals surface area (Å²) in [4.78, 5) is 52.7. The number of ether oxygens (including phenoxy) is 1. The SMILES string of the molecule is COc1cccc2[nH]c(C(=O)NC(CC(C)(C)F)C(=O)NC(CC3CCCNC3=O)C(=O)O)cc12. The van der Waals surface area contributed by atoms with Crippen molar-refractivity contribution in [1.82, 2.24) is 20.9 Å². The molecule has 2 heterocycles. The molecule has 10 nitrogen and oxygen atoms in total. The van der Waals surface area contributed by atoms with Gasteiger partial charge < -0.3 is 30.8 Å². The lowest BCUT2D eigenvalue weighted by Crippen LogP contribution is -2.54. The van der Waals surface area contributed by atoms with Crippen LogP contribution in [-0.4, -0.2) is 65.2 Å². The molecule has 1 aromatic carbocycles. The van der Waals surface area contributed by atoms with Crippen molar-refractivity contribution in [2.24, 2.45) is 5.92 Å². The van der Waals surface area contributed by atoms with Crippen LogP contribution in [-0.2, 0) is 14.4 Å². The Morgan fingerprint density at radius 3 is 2.63 bits per heavy atom. The monoisotopic (exact) mass is 490 g/mol. The zero-order valence-electron chi connectivity index (χ0n) is 19.9. The highest BCUT2D eigenvalue weighted by Crippen LogP contribution is 2.26. The number of alkyl halides is 1. The molecule has 1 aliphatic rings. The highest BCUT2D eigenvalue weighted by atomic mass is 19.1. The molecule has 1 aliphatic heterocycles. The fraction of sp³-hybridized carbons (Fsp3) is 0.500. The first-order valence-corrected chi connectivity index (χ1v) is 11.4. The lowest BCUT2D eigenvalue weighted by molar-refractivity contribution is -0.143. The van der Waals surface area contributed by atoms with Gasteiger partial charge in [0.1, 0.15) is 29.2 Å². The Labute approximate surface area is 202 Å². The van der Waals surface area contributed by atoms with E-state index in [0.717, 1.165) is 0 Å². The minimum atomic E-state index is -1.83. The van der Waals surface area contributed by atoms with Gasteiger partial charge in [0.2, 0.25) is 11.8 Å². The summed E-state index contributed by atoms with van der Waals surface area (Å²) in [7, 11) is 1.50. The number of amides is 3. The highest BCUT2D eigenvalue weighted by molar-refractivity contribution is 6.01. The number of hydrogen-bond acceptors (Lipinski definition) is 5. The van der Waals surface area contributed by atoms with Crippen molar-refractivity contribution >= 4 is 34.6 Å². The molecular weight excluding hydrogens is 459 g/mol. The van der Waals surface area contributed by atoms with Crippen LogP contribution in [0.3, 0.4) is 0 Å². The largest absolute Gasteiger partial charge is 0.496 e. The summed E-state index contributed by atoms with van der Waals surface area (Å²) in [5.74, 6) is -3.09. The molecule has 0 bridgehead atoms. The van der Waals surface area contributed by atoms with Crippen LogP contribution in [0, 0.1) is 5.92 Å². The number of carboxylic acid groups (broad SMARTS) is 1. The van der Waals surface area contributed by atoms with Gasteiger partial charge >= 0.3 is 5.97 Å². The summed E-state index contributed by atoms with van der Waals surface area (Å²) >= 11 is 0. The van der Waals surface area contributed by atoms with Gasteiger partial charge in [-0.15, -0.1) is 0 Å². The molecule has 2 aromatic rings. The summed E-state index contributed by atoms with van der Waals surface area (Å²) in [6, 6.07) is 4.08. The topological polar surface area (TPSA) is 150 Å². The first kappa shape index (κ1) is 26.0. The Hall–Kier alpha value is -3.63. The van der Waals surface area contributed by atoms with Crippen LogP contribution in [0.15, 0.2) is 24.3 Å². The predicted octanol–water partition coefficient (Wildman–Crippen LogP) is 1.90. The van der Waals surface area contributed by atoms with Gasteiger partial charge in [0.15, 0.2) is 0 Å². The molecule has 35 heavy (non-hydrogen) atoms. The van der Waals surface area contributed by atoms with Crippen LogP contribution in [0.2, 0.25) is 0 Å². The third-order valence-corrected chi connectivity index (χ3v) is 5.93. The van der Waals surface area contributed by atoms with Crippen molar-refractivity contribution in [1.29, 1.82) is 0 Å². The fourth-order valence-corrected chi connectivity index (χ4v) is 4.20. The van der Waals surface area contributed by atoms with Gasteiger partial charge in [0.05, 0.1) is 7.11 Å². The summed E-state index contributed by atoms with van der Waals surface area (Å²) in [5.41, 5.74) is -1.06. The van der Waals surface area contributed by atoms with Gasteiger partial charge in [-0.3, -0.25) is 14.4 Å². The van der Waals surface area contributed by atoms with Gasteiger partial charge in [-0.2, -0.15) is 0 Å². The number of methoxy groups -OCH3 is 1. The van der Waals surface area contributed by atoms with Crippen molar-refractivity contribution in [2.75, 3.05) is 13.7 Å². The Balaban J connectivity index is 1.77. The van der Waals surface area contributed by atoms with E-state index in [4.69, 9.17) is 4.74 Å². The average Bonchev–Trinajstić information content (AvgIpc) is 3.23. The number of benzene rings is 1. The van der Waals surface area contributed by atoms with Gasteiger partial charge in [-0.05, 0) is 51.3 Å². The van der Waals surface area contributed by atoms with E-state index in [1.54, 1.807) is 24.3 Å². The molecular formula is C24H31FN4O6. The van der Waals surface area contributed by atoms with Crippen molar-refractivity contribution in [2.45, 2.75) is 57.3 Å². The van der Waals surface area contributed by atoms with E-state index < -0.39 is 41.5 Å². The zero-order chi connectivity index (χ0) is 25.8. The van der Waals surface area contributed by atoms with E-state index in [9.17, 15) is 28.7 Å². The number of rotatable bonds is 10. The van der Waals surface area contributed by atoms with Gasteiger partial charge in [0.25, 0.3) is 5.91 Å². The average molecular weight is 491 g/mol. The molecule has 11 heteroatoms. The van der Waals surface area contributed by atoms with E-state index in [1.165, 1.54) is 21.0 Å². The maximum Gasteiger partial charge on any atom is 0.326 e. The minimum Gasteiger partial charge on any atom is -0.496 e. The summed E-state index contributed by atoms with van der Waals surface area (Å²) in [6.45, 7) is 3.04. The van der Waals surface area contributed by atoms with Gasteiger partial charge in [-0.25, -0.2) is 9.18 Å². The standard InChI is InChI=1S/C24H31FN4O6/c1-24(2,25)12-18(22(32)28-17(23(33)34)10-13-6-5-9-26-20(13)30)29-21(31)16-11-14-15(27-16)7-4-8-19(14)35-3/h4,7-8,11,13,17-18,27H,5-6,9-10,12H2,1-3H3,(H,26,30)(H,28,32)(H,29,31)(H,33,34). The normalized spacial score (nSPS) is 17.8. The Morgan fingerprint density at radius 2 is 2.00 bits per heavy atom. The Bertz CT molecular complexity index is 1110. The number of hydrogen-bond donors (Lipinski definition) is 5. The van der Waals surface area contributed by atoms with Crippen molar-refractivity contribution in [3.05, 3.63) is 30.0 Å². The highest BCUT2D eigenvalue weighted by Gasteiger charge is 2.34.